The molecule has 0 bridgehead atoms. The minimum atomic E-state index is -0.854. The minimum absolute atomic E-state index is 0.173. The Bertz CT molecular complexity index is 361. The van der Waals surface area contributed by atoms with Gasteiger partial charge in [-0.2, -0.15) is 11.8 Å². The van der Waals surface area contributed by atoms with E-state index in [1.54, 1.807) is 11.8 Å². The van der Waals surface area contributed by atoms with Crippen molar-refractivity contribution < 1.29 is 9.90 Å². The smallest absolute Gasteiger partial charge is 0.347 e. The Morgan fingerprint density at radius 1 is 1.56 bits per heavy atom. The largest absolute Gasteiger partial charge is 0.477 e. The number of carboxylic acid groups (broad SMARTS) is 1. The number of aromatic carboxylic acids is 1. The van der Waals surface area contributed by atoms with Gasteiger partial charge in [0.25, 0.3) is 0 Å². The summed E-state index contributed by atoms with van der Waals surface area (Å²) >= 11 is 3.12. The second-order valence-electron chi connectivity index (χ2n) is 3.83. The molecule has 90 valence electrons. The number of carboxylic acids is 1. The molecular formula is C11H17NO2S2. The molecule has 16 heavy (non-hydrogen) atoms. The van der Waals surface area contributed by atoms with E-state index in [2.05, 4.69) is 11.9 Å². The Labute approximate surface area is 104 Å². The lowest BCUT2D eigenvalue weighted by molar-refractivity contribution is 0.0700. The van der Waals surface area contributed by atoms with Crippen molar-refractivity contribution in [3.8, 4) is 0 Å². The summed E-state index contributed by atoms with van der Waals surface area (Å²) in [5.74, 6) is 1.24. The van der Waals surface area contributed by atoms with Crippen LogP contribution in [-0.4, -0.2) is 21.8 Å². The molecule has 1 aromatic heterocycles. The van der Waals surface area contributed by atoms with Gasteiger partial charge in [0.05, 0.1) is 5.69 Å². The van der Waals surface area contributed by atoms with Crippen molar-refractivity contribution >= 4 is 29.1 Å². The van der Waals surface area contributed by atoms with Crippen molar-refractivity contribution in [3.63, 3.8) is 0 Å². The lowest BCUT2D eigenvalue weighted by atomic mass is 10.1. The highest BCUT2D eigenvalue weighted by molar-refractivity contribution is 7.98. The Morgan fingerprint density at radius 2 is 2.25 bits per heavy atom. The Balaban J connectivity index is 2.80. The molecule has 1 N–H and O–H groups in total. The van der Waals surface area contributed by atoms with Gasteiger partial charge in [0.15, 0.2) is 0 Å². The molecule has 0 aliphatic heterocycles. The van der Waals surface area contributed by atoms with Crippen LogP contribution in [0, 0.1) is 0 Å². The van der Waals surface area contributed by atoms with Crippen molar-refractivity contribution in [2.75, 3.05) is 5.75 Å². The minimum Gasteiger partial charge on any atom is -0.477 e. The quantitative estimate of drug-likeness (QED) is 0.793. The number of hydrogen-bond acceptors (Lipinski definition) is 4. The van der Waals surface area contributed by atoms with Gasteiger partial charge in [-0.1, -0.05) is 20.8 Å². The number of carbonyl (C=O) groups is 1. The predicted octanol–water partition coefficient (Wildman–Crippen LogP) is 3.61. The lowest BCUT2D eigenvalue weighted by Gasteiger charge is -2.00. The third kappa shape index (κ3) is 3.49. The molecule has 0 amide bonds. The van der Waals surface area contributed by atoms with Gasteiger partial charge in [0.2, 0.25) is 0 Å². The van der Waals surface area contributed by atoms with Crippen LogP contribution >= 0.6 is 23.1 Å². The van der Waals surface area contributed by atoms with Crippen molar-refractivity contribution in [3.05, 3.63) is 15.6 Å². The Kier molecular flexibility index (Phi) is 5.28. The summed E-state index contributed by atoms with van der Waals surface area (Å²) in [6.07, 6.45) is 1.14. The summed E-state index contributed by atoms with van der Waals surface area (Å²) in [6.45, 7) is 6.09. The molecule has 3 nitrogen and oxygen atoms in total. The van der Waals surface area contributed by atoms with Crippen molar-refractivity contribution in [1.29, 1.82) is 0 Å². The summed E-state index contributed by atoms with van der Waals surface area (Å²) in [5.41, 5.74) is 0.726. The molecule has 1 aromatic rings. The van der Waals surface area contributed by atoms with Crippen LogP contribution < -0.4 is 0 Å². The summed E-state index contributed by atoms with van der Waals surface area (Å²) < 4.78 is 0. The van der Waals surface area contributed by atoms with Gasteiger partial charge < -0.3 is 5.11 Å². The molecular weight excluding hydrogens is 242 g/mol. The first-order valence-electron chi connectivity index (χ1n) is 5.36. The van der Waals surface area contributed by atoms with Crippen LogP contribution in [0.4, 0.5) is 0 Å². The summed E-state index contributed by atoms with van der Waals surface area (Å²) in [7, 11) is 0. The molecule has 1 rings (SSSR count). The molecule has 0 radical (unpaired) electrons. The number of thioether (sulfide) groups is 1. The van der Waals surface area contributed by atoms with Crippen LogP contribution in [-0.2, 0) is 5.75 Å². The predicted molar refractivity (Wildman–Crippen MR) is 69.6 cm³/mol. The second kappa shape index (κ2) is 6.25. The van der Waals surface area contributed by atoms with Gasteiger partial charge >= 0.3 is 5.97 Å². The first kappa shape index (κ1) is 13.5. The average molecular weight is 259 g/mol. The number of aromatic nitrogens is 1. The standard InChI is InChI=1S/C11H17NO2S2/c1-4-5-15-6-8-12-9(7(2)3)10(16-8)11(13)14/h7H,4-6H2,1-3H3,(H,13,14). The third-order valence-electron chi connectivity index (χ3n) is 2.01. The van der Waals surface area contributed by atoms with E-state index in [0.717, 1.165) is 28.6 Å². The van der Waals surface area contributed by atoms with Crippen LogP contribution in [0.15, 0.2) is 0 Å². The second-order valence-corrected chi connectivity index (χ2v) is 6.02. The molecule has 0 saturated heterocycles. The van der Waals surface area contributed by atoms with Crippen LogP contribution in [0.2, 0.25) is 0 Å². The van der Waals surface area contributed by atoms with Gasteiger partial charge in [0.1, 0.15) is 9.88 Å². The highest BCUT2D eigenvalue weighted by Crippen LogP contribution is 2.27. The Hall–Kier alpha value is -0.550. The topological polar surface area (TPSA) is 50.2 Å². The first-order valence-corrected chi connectivity index (χ1v) is 7.34. The number of rotatable bonds is 6. The van der Waals surface area contributed by atoms with E-state index in [1.807, 2.05) is 13.8 Å². The van der Waals surface area contributed by atoms with Crippen LogP contribution in [0.3, 0.4) is 0 Å². The van der Waals surface area contributed by atoms with Crippen molar-refractivity contribution in [2.24, 2.45) is 0 Å². The normalized spacial score (nSPS) is 11.0. The van der Waals surface area contributed by atoms with Gasteiger partial charge in [-0.15, -0.1) is 11.3 Å². The van der Waals surface area contributed by atoms with Crippen LogP contribution in [0.1, 0.15) is 53.5 Å². The average Bonchev–Trinajstić information content (AvgIpc) is 2.62. The van der Waals surface area contributed by atoms with Gasteiger partial charge in [-0.3, -0.25) is 0 Å². The van der Waals surface area contributed by atoms with Gasteiger partial charge in [-0.05, 0) is 18.1 Å². The molecule has 0 fully saturated rings. The maximum absolute atomic E-state index is 11.0. The van der Waals surface area contributed by atoms with Crippen LogP contribution in [0.5, 0.6) is 0 Å². The molecule has 5 heteroatoms. The molecule has 0 atom stereocenters. The fourth-order valence-corrected chi connectivity index (χ4v) is 3.30. The maximum atomic E-state index is 11.0. The molecule has 0 aromatic carbocycles. The fourth-order valence-electron chi connectivity index (χ4n) is 1.29. The van der Waals surface area contributed by atoms with E-state index in [4.69, 9.17) is 5.11 Å². The van der Waals surface area contributed by atoms with E-state index in [0.29, 0.717) is 4.88 Å². The highest BCUT2D eigenvalue weighted by Gasteiger charge is 2.19. The number of hydrogen-bond donors (Lipinski definition) is 1. The summed E-state index contributed by atoms with van der Waals surface area (Å²) in [5, 5.41) is 9.99. The van der Waals surface area contributed by atoms with E-state index in [-0.39, 0.29) is 5.92 Å². The van der Waals surface area contributed by atoms with Crippen molar-refractivity contribution in [2.45, 2.75) is 38.9 Å². The zero-order valence-corrected chi connectivity index (χ0v) is 11.5. The third-order valence-corrected chi connectivity index (χ3v) is 4.43. The highest BCUT2D eigenvalue weighted by atomic mass is 32.2. The zero-order chi connectivity index (χ0) is 12.1. The molecule has 0 spiro atoms. The fraction of sp³-hybridized carbons (Fsp3) is 0.636. The van der Waals surface area contributed by atoms with Gasteiger partial charge in [0, 0.05) is 5.75 Å². The molecule has 1 heterocycles. The molecule has 0 unspecified atom stereocenters. The van der Waals surface area contributed by atoms with E-state index < -0.39 is 5.97 Å². The molecule has 0 aliphatic rings. The molecule has 0 saturated carbocycles. The maximum Gasteiger partial charge on any atom is 0.347 e. The number of thiazole rings is 1. The van der Waals surface area contributed by atoms with E-state index in [9.17, 15) is 4.79 Å². The first-order chi connectivity index (χ1) is 7.56. The molecule has 0 aliphatic carbocycles. The lowest BCUT2D eigenvalue weighted by Crippen LogP contribution is -2.00. The van der Waals surface area contributed by atoms with E-state index in [1.165, 1.54) is 11.3 Å². The summed E-state index contributed by atoms with van der Waals surface area (Å²) in [6, 6.07) is 0. The van der Waals surface area contributed by atoms with Crippen LogP contribution in [0.25, 0.3) is 0 Å². The van der Waals surface area contributed by atoms with Crippen molar-refractivity contribution in [1.82, 2.24) is 4.98 Å². The zero-order valence-electron chi connectivity index (χ0n) is 9.82. The summed E-state index contributed by atoms with van der Waals surface area (Å²) in [4.78, 5) is 15.9. The SMILES string of the molecule is CCCSCc1nc(C(C)C)c(C(=O)O)s1. The Morgan fingerprint density at radius 3 is 2.69 bits per heavy atom. The monoisotopic (exact) mass is 259 g/mol. The van der Waals surface area contributed by atoms with Gasteiger partial charge in [-0.25, -0.2) is 9.78 Å². The number of nitrogens with zero attached hydrogens (tertiary/aromatic N) is 1. The van der Waals surface area contributed by atoms with E-state index >= 15 is 0 Å².